The summed E-state index contributed by atoms with van der Waals surface area (Å²) in [4.78, 5) is 16.5. The summed E-state index contributed by atoms with van der Waals surface area (Å²) in [5.41, 5.74) is 1.90. The van der Waals surface area contributed by atoms with Crippen molar-refractivity contribution in [2.45, 2.75) is 26.2 Å². The molecule has 0 unspecified atom stereocenters. The largest absolute Gasteiger partial charge is 0.370 e. The molecule has 2 heterocycles. The van der Waals surface area contributed by atoms with Crippen LogP contribution in [0.15, 0.2) is 47.7 Å². The van der Waals surface area contributed by atoms with Gasteiger partial charge in [-0.25, -0.2) is 23.1 Å². The fourth-order valence-electron chi connectivity index (χ4n) is 4.57. The molecule has 0 amide bonds. The predicted molar refractivity (Wildman–Crippen MR) is 135 cm³/mol. The number of aliphatic imine (C=N–C) groups is 1. The first-order valence-corrected chi connectivity index (χ1v) is 11.9. The van der Waals surface area contributed by atoms with Crippen molar-refractivity contribution in [1.82, 2.24) is 9.97 Å². The quantitative estimate of drug-likeness (QED) is 0.417. The van der Waals surface area contributed by atoms with E-state index in [0.717, 1.165) is 43.9 Å². The second-order valence-corrected chi connectivity index (χ2v) is 8.97. The first-order valence-electron chi connectivity index (χ1n) is 11.9. The maximum Gasteiger partial charge on any atom is 0.225 e. The van der Waals surface area contributed by atoms with Gasteiger partial charge in [-0.2, -0.15) is 0 Å². The smallest absolute Gasteiger partial charge is 0.225 e. The lowest BCUT2D eigenvalue weighted by atomic mass is 9.96. The van der Waals surface area contributed by atoms with Gasteiger partial charge >= 0.3 is 0 Å². The Labute approximate surface area is 204 Å². The molecular weight excluding hydrogens is 451 g/mol. The molecule has 1 fully saturated rings. The second kappa shape index (κ2) is 10.9. The summed E-state index contributed by atoms with van der Waals surface area (Å²) in [6.07, 6.45) is 7.89. The van der Waals surface area contributed by atoms with E-state index in [1.54, 1.807) is 25.1 Å². The molecule has 1 aromatic heterocycles. The van der Waals surface area contributed by atoms with Gasteiger partial charge in [0, 0.05) is 57.9 Å². The fraction of sp³-hybridized carbons (Fsp3) is 0.370. The monoisotopic (exact) mass is 481 g/mol. The number of piperidine rings is 1. The zero-order chi connectivity index (χ0) is 24.9. The van der Waals surface area contributed by atoms with Gasteiger partial charge < -0.3 is 9.80 Å². The van der Waals surface area contributed by atoms with E-state index >= 15 is 8.78 Å². The molecule has 0 saturated carbocycles. The molecule has 0 radical (unpaired) electrons. The Bertz CT molecular complexity index is 1160. The molecule has 5 nitrogen and oxygen atoms in total. The highest BCUT2D eigenvalue weighted by Gasteiger charge is 2.24. The van der Waals surface area contributed by atoms with Crippen LogP contribution in [0, 0.1) is 23.4 Å². The third-order valence-electron chi connectivity index (χ3n) is 6.51. The van der Waals surface area contributed by atoms with Crippen molar-refractivity contribution in [3.8, 4) is 11.1 Å². The number of nitrogens with zero attached hydrogens (tertiary/aromatic N) is 5. The van der Waals surface area contributed by atoms with Crippen molar-refractivity contribution in [2.75, 3.05) is 43.5 Å². The number of rotatable bonds is 7. The summed E-state index contributed by atoms with van der Waals surface area (Å²) in [6.45, 7) is 4.19. The molecular formula is C27H30F3N5. The Morgan fingerprint density at radius 1 is 1.03 bits per heavy atom. The standard InChI is InChI=1S/C27H30F3N5/c1-4-18-15-32-27(33-16-18)35-9-7-19(8-10-35)17-34(3)26-24(29)12-21(13-25(26)30)22-6-5-20(14-31-2)11-23(22)28/h5-6,11-16,19H,4,7-10,17H2,1-3H3. The van der Waals surface area contributed by atoms with E-state index in [9.17, 15) is 4.39 Å². The Balaban J connectivity index is 1.42. The van der Waals surface area contributed by atoms with Crippen LogP contribution in [-0.2, 0) is 6.42 Å². The van der Waals surface area contributed by atoms with Crippen LogP contribution in [0.1, 0.15) is 30.9 Å². The minimum atomic E-state index is -0.706. The summed E-state index contributed by atoms with van der Waals surface area (Å²) < 4.78 is 44.6. The third kappa shape index (κ3) is 5.63. The normalized spacial score (nSPS) is 14.6. The number of hydrogen-bond acceptors (Lipinski definition) is 5. The Morgan fingerprint density at radius 3 is 2.26 bits per heavy atom. The molecule has 0 spiro atoms. The maximum absolute atomic E-state index is 15.0. The van der Waals surface area contributed by atoms with E-state index in [2.05, 4.69) is 26.8 Å². The van der Waals surface area contributed by atoms with E-state index in [-0.39, 0.29) is 22.7 Å². The van der Waals surface area contributed by atoms with E-state index in [4.69, 9.17) is 0 Å². The number of aromatic nitrogens is 2. The molecule has 1 saturated heterocycles. The van der Waals surface area contributed by atoms with Crippen LogP contribution in [-0.4, -0.2) is 49.9 Å². The first-order chi connectivity index (χ1) is 16.9. The van der Waals surface area contributed by atoms with Gasteiger partial charge in [0.1, 0.15) is 23.1 Å². The van der Waals surface area contributed by atoms with E-state index in [1.807, 2.05) is 12.4 Å². The topological polar surface area (TPSA) is 44.6 Å². The van der Waals surface area contributed by atoms with E-state index in [0.29, 0.717) is 12.1 Å². The average molecular weight is 482 g/mol. The molecule has 3 aromatic rings. The summed E-state index contributed by atoms with van der Waals surface area (Å²) in [5.74, 6) is -0.952. The van der Waals surface area contributed by atoms with Gasteiger partial charge in [-0.3, -0.25) is 4.99 Å². The highest BCUT2D eigenvalue weighted by atomic mass is 19.1. The molecule has 35 heavy (non-hydrogen) atoms. The molecule has 4 rings (SSSR count). The molecule has 0 bridgehead atoms. The van der Waals surface area contributed by atoms with Gasteiger partial charge in [0.25, 0.3) is 0 Å². The van der Waals surface area contributed by atoms with Crippen LogP contribution in [0.2, 0.25) is 0 Å². The molecule has 2 aromatic carbocycles. The van der Waals surface area contributed by atoms with Crippen LogP contribution in [0.4, 0.5) is 24.8 Å². The highest BCUT2D eigenvalue weighted by Crippen LogP contribution is 2.32. The van der Waals surface area contributed by atoms with Crippen molar-refractivity contribution < 1.29 is 13.2 Å². The molecule has 0 aliphatic carbocycles. The molecule has 0 atom stereocenters. The maximum atomic E-state index is 15.0. The van der Waals surface area contributed by atoms with Gasteiger partial charge in [0.05, 0.1) is 0 Å². The molecule has 8 heteroatoms. The Kier molecular flexibility index (Phi) is 7.68. The number of anilines is 2. The summed E-state index contributed by atoms with van der Waals surface area (Å²) in [6, 6.07) is 6.86. The number of benzene rings is 2. The fourth-order valence-corrected chi connectivity index (χ4v) is 4.57. The van der Waals surface area contributed by atoms with Crippen LogP contribution in [0.3, 0.4) is 0 Å². The Morgan fingerprint density at radius 2 is 1.69 bits per heavy atom. The van der Waals surface area contributed by atoms with Gasteiger partial charge in [0.2, 0.25) is 5.95 Å². The van der Waals surface area contributed by atoms with Crippen LogP contribution in [0.25, 0.3) is 11.1 Å². The molecule has 1 aliphatic rings. The predicted octanol–water partition coefficient (Wildman–Crippen LogP) is 5.52. The molecule has 0 N–H and O–H groups in total. The zero-order valence-corrected chi connectivity index (χ0v) is 20.3. The minimum Gasteiger partial charge on any atom is -0.370 e. The lowest BCUT2D eigenvalue weighted by molar-refractivity contribution is 0.403. The summed E-state index contributed by atoms with van der Waals surface area (Å²) in [5, 5.41) is 0. The minimum absolute atomic E-state index is 0.0928. The van der Waals surface area contributed by atoms with Crippen molar-refractivity contribution in [2.24, 2.45) is 10.9 Å². The lowest BCUT2D eigenvalue weighted by Gasteiger charge is -2.34. The van der Waals surface area contributed by atoms with Gasteiger partial charge in [-0.1, -0.05) is 19.1 Å². The van der Waals surface area contributed by atoms with E-state index in [1.165, 1.54) is 30.5 Å². The highest BCUT2D eigenvalue weighted by molar-refractivity contribution is 5.81. The van der Waals surface area contributed by atoms with Crippen LogP contribution >= 0.6 is 0 Å². The molecule has 184 valence electrons. The Hall–Kier alpha value is -3.42. The van der Waals surface area contributed by atoms with Gasteiger partial charge in [0.15, 0.2) is 0 Å². The van der Waals surface area contributed by atoms with Crippen molar-refractivity contribution in [1.29, 1.82) is 0 Å². The summed E-state index contributed by atoms with van der Waals surface area (Å²) in [7, 11) is 3.29. The lowest BCUT2D eigenvalue weighted by Crippen LogP contribution is -2.39. The number of halogens is 3. The van der Waals surface area contributed by atoms with Crippen molar-refractivity contribution in [3.63, 3.8) is 0 Å². The van der Waals surface area contributed by atoms with Crippen LogP contribution < -0.4 is 9.80 Å². The summed E-state index contributed by atoms with van der Waals surface area (Å²) >= 11 is 0. The third-order valence-corrected chi connectivity index (χ3v) is 6.51. The zero-order valence-electron chi connectivity index (χ0n) is 20.3. The van der Waals surface area contributed by atoms with Crippen LogP contribution in [0.5, 0.6) is 0 Å². The average Bonchev–Trinajstić information content (AvgIpc) is 2.84. The second-order valence-electron chi connectivity index (χ2n) is 8.97. The van der Waals surface area contributed by atoms with Gasteiger partial charge in [-0.15, -0.1) is 0 Å². The number of aryl methyl sites for hydroxylation is 1. The van der Waals surface area contributed by atoms with Gasteiger partial charge in [-0.05, 0) is 60.1 Å². The number of hydrogen-bond donors (Lipinski definition) is 0. The van der Waals surface area contributed by atoms with Crippen molar-refractivity contribution >= 4 is 17.9 Å². The van der Waals surface area contributed by atoms with E-state index < -0.39 is 17.5 Å². The SMILES string of the molecule is CCc1cnc(N2CCC(CN(C)c3c(F)cc(-c4ccc(C=NC)cc4F)cc3F)CC2)nc1. The molecule has 1 aliphatic heterocycles. The first kappa shape index (κ1) is 24.7. The van der Waals surface area contributed by atoms with Crippen molar-refractivity contribution in [3.05, 3.63) is 71.3 Å².